The lowest BCUT2D eigenvalue weighted by molar-refractivity contribution is 0.629. The van der Waals surface area contributed by atoms with Gasteiger partial charge in [-0.2, -0.15) is 5.26 Å². The average molecular weight is 326 g/mol. The number of fused-ring (bicyclic) bond motifs is 1. The maximum Gasteiger partial charge on any atom is 0.153 e. The summed E-state index contributed by atoms with van der Waals surface area (Å²) in [6.07, 6.45) is 4.01. The molecule has 0 atom stereocenters. The van der Waals surface area contributed by atoms with Crippen LogP contribution in [0.2, 0.25) is 0 Å². The number of nitriles is 1. The minimum atomic E-state index is -0.620. The minimum absolute atomic E-state index is 0.278. The largest absolute Gasteiger partial charge is 0.320 e. The monoisotopic (exact) mass is 326 g/mol. The molecule has 0 unspecified atom stereocenters. The van der Waals surface area contributed by atoms with Gasteiger partial charge < -0.3 is 4.57 Å². The molecule has 0 saturated heterocycles. The fourth-order valence-electron chi connectivity index (χ4n) is 2.66. The van der Waals surface area contributed by atoms with Gasteiger partial charge in [-0.1, -0.05) is 0 Å². The van der Waals surface area contributed by atoms with Gasteiger partial charge in [0.05, 0.1) is 22.0 Å². The van der Waals surface area contributed by atoms with Crippen molar-refractivity contribution in [3.8, 4) is 16.8 Å². The Morgan fingerprint density at radius 2 is 2.17 bits per heavy atom. The van der Waals surface area contributed by atoms with Crippen molar-refractivity contribution in [2.24, 2.45) is 0 Å². The third kappa shape index (κ3) is 2.32. The van der Waals surface area contributed by atoms with E-state index in [1.807, 2.05) is 13.8 Å². The molecule has 1 aliphatic rings. The summed E-state index contributed by atoms with van der Waals surface area (Å²) in [6, 6.07) is 7.44. The average Bonchev–Trinajstić information content (AvgIpc) is 3.11. The van der Waals surface area contributed by atoms with E-state index in [-0.39, 0.29) is 5.82 Å². The number of hydrogen-bond acceptors (Lipinski definition) is 4. The molecule has 4 nitrogen and oxygen atoms in total. The number of halogens is 1. The van der Waals surface area contributed by atoms with E-state index in [0.717, 1.165) is 34.1 Å². The van der Waals surface area contributed by atoms with E-state index >= 15 is 0 Å². The van der Waals surface area contributed by atoms with E-state index in [1.54, 1.807) is 12.3 Å². The van der Waals surface area contributed by atoms with Crippen LogP contribution < -0.4 is 0 Å². The number of hydrogen-bond donors (Lipinski definition) is 0. The van der Waals surface area contributed by atoms with E-state index < -0.39 is 5.41 Å². The number of nitrogens with zero attached hydrogens (tertiary/aromatic N) is 4. The molecule has 2 aromatic heterocycles. The summed E-state index contributed by atoms with van der Waals surface area (Å²) in [5.41, 5.74) is 1.01. The molecule has 3 aromatic rings. The van der Waals surface area contributed by atoms with E-state index in [1.165, 1.54) is 23.5 Å². The van der Waals surface area contributed by atoms with Crippen LogP contribution in [0.25, 0.3) is 21.7 Å². The van der Waals surface area contributed by atoms with Gasteiger partial charge in [0.2, 0.25) is 0 Å². The summed E-state index contributed by atoms with van der Waals surface area (Å²) in [5, 5.41) is 10.1. The second-order valence-corrected chi connectivity index (χ2v) is 7.47. The van der Waals surface area contributed by atoms with Gasteiger partial charge >= 0.3 is 0 Å². The summed E-state index contributed by atoms with van der Waals surface area (Å²) < 4.78 is 15.7. The molecule has 0 N–H and O–H groups in total. The molecule has 0 aliphatic heterocycles. The van der Waals surface area contributed by atoms with Gasteiger partial charge in [0.25, 0.3) is 0 Å². The van der Waals surface area contributed by atoms with Crippen molar-refractivity contribution in [2.45, 2.75) is 38.1 Å². The molecule has 23 heavy (non-hydrogen) atoms. The first kappa shape index (κ1) is 14.3. The summed E-state index contributed by atoms with van der Waals surface area (Å²) in [4.78, 5) is 9.97. The molecule has 2 heterocycles. The Kier molecular flexibility index (Phi) is 3.03. The first-order valence-electron chi connectivity index (χ1n) is 7.55. The second-order valence-electron chi connectivity index (χ2n) is 6.44. The van der Waals surface area contributed by atoms with E-state index in [4.69, 9.17) is 0 Å². The van der Waals surface area contributed by atoms with Crippen LogP contribution in [-0.2, 0) is 5.41 Å². The van der Waals surface area contributed by atoms with Crippen molar-refractivity contribution in [1.82, 2.24) is 14.5 Å². The molecule has 116 valence electrons. The van der Waals surface area contributed by atoms with Crippen molar-refractivity contribution in [3.63, 3.8) is 0 Å². The van der Waals surface area contributed by atoms with E-state index in [2.05, 4.69) is 20.6 Å². The Morgan fingerprint density at radius 3 is 2.87 bits per heavy atom. The highest BCUT2D eigenvalue weighted by molar-refractivity contribution is 7.15. The Bertz CT molecular complexity index is 943. The first-order valence-corrected chi connectivity index (χ1v) is 8.36. The van der Waals surface area contributed by atoms with Crippen LogP contribution in [0.3, 0.4) is 0 Å². The number of aromatic nitrogens is 3. The fourth-order valence-corrected chi connectivity index (χ4v) is 3.62. The quantitative estimate of drug-likeness (QED) is 0.715. The smallest absolute Gasteiger partial charge is 0.153 e. The zero-order valence-electron chi connectivity index (χ0n) is 12.9. The van der Waals surface area contributed by atoms with Crippen molar-refractivity contribution in [2.75, 3.05) is 0 Å². The van der Waals surface area contributed by atoms with E-state index in [0.29, 0.717) is 11.6 Å². The zero-order chi connectivity index (χ0) is 16.2. The van der Waals surface area contributed by atoms with Crippen molar-refractivity contribution in [3.05, 3.63) is 35.2 Å². The maximum atomic E-state index is 13.5. The summed E-state index contributed by atoms with van der Waals surface area (Å²) in [5.74, 6) is 0.547. The van der Waals surface area contributed by atoms with Crippen LogP contribution in [-0.4, -0.2) is 14.5 Å². The number of thiazole rings is 1. The third-order valence-corrected chi connectivity index (χ3v) is 5.42. The van der Waals surface area contributed by atoms with Crippen molar-refractivity contribution < 1.29 is 4.39 Å². The first-order chi connectivity index (χ1) is 11.0. The maximum absolute atomic E-state index is 13.5. The number of benzene rings is 1. The summed E-state index contributed by atoms with van der Waals surface area (Å²) in [6.45, 7) is 3.71. The lowest BCUT2D eigenvalue weighted by Gasteiger charge is -2.10. The predicted molar refractivity (Wildman–Crippen MR) is 87.7 cm³/mol. The zero-order valence-corrected chi connectivity index (χ0v) is 13.7. The molecule has 4 rings (SSSR count). The second kappa shape index (κ2) is 4.87. The number of rotatable bonds is 3. The predicted octanol–water partition coefficient (Wildman–Crippen LogP) is 4.43. The molecular formula is C17H15FN4S. The molecule has 0 spiro atoms. The van der Waals surface area contributed by atoms with Gasteiger partial charge in [0.15, 0.2) is 5.82 Å². The molecule has 0 bridgehead atoms. The number of imidazole rings is 1. The normalized spacial score (nSPS) is 15.0. The highest BCUT2D eigenvalue weighted by Gasteiger charge is 2.31. The van der Waals surface area contributed by atoms with Crippen molar-refractivity contribution >= 4 is 22.4 Å². The Labute approximate surface area is 137 Å². The standard InChI is InChI=1S/C17H15FN4S/c1-17(2,9-19)16-20-8-14(23-16)15-21-12-7-10(18)3-6-13(12)22(15)11-4-5-11/h3,6-8,11H,4-5H2,1-2H3. The van der Waals surface area contributed by atoms with Gasteiger partial charge in [-0.3, -0.25) is 0 Å². The van der Waals surface area contributed by atoms with Crippen LogP contribution in [0.4, 0.5) is 4.39 Å². The van der Waals surface area contributed by atoms with Crippen LogP contribution in [0.1, 0.15) is 37.7 Å². The Balaban J connectivity index is 1.89. The molecule has 1 aliphatic carbocycles. The van der Waals surface area contributed by atoms with Crippen LogP contribution in [0, 0.1) is 17.1 Å². The highest BCUT2D eigenvalue weighted by atomic mass is 32.1. The van der Waals surface area contributed by atoms with Gasteiger partial charge in [-0.25, -0.2) is 14.4 Å². The summed E-state index contributed by atoms with van der Waals surface area (Å²) in [7, 11) is 0. The molecule has 1 aromatic carbocycles. The Morgan fingerprint density at radius 1 is 1.39 bits per heavy atom. The molecule has 0 radical (unpaired) electrons. The summed E-state index contributed by atoms with van der Waals surface area (Å²) >= 11 is 1.49. The van der Waals surface area contributed by atoms with Gasteiger partial charge in [0, 0.05) is 18.3 Å². The van der Waals surface area contributed by atoms with Crippen molar-refractivity contribution in [1.29, 1.82) is 5.26 Å². The van der Waals surface area contributed by atoms with Gasteiger partial charge in [0.1, 0.15) is 16.2 Å². The third-order valence-electron chi connectivity index (χ3n) is 4.10. The molecule has 1 fully saturated rings. The highest BCUT2D eigenvalue weighted by Crippen LogP contribution is 2.43. The van der Waals surface area contributed by atoms with E-state index in [9.17, 15) is 9.65 Å². The SMILES string of the molecule is CC(C)(C#N)c1ncc(-c2nc3cc(F)ccc3n2C2CC2)s1. The van der Waals surface area contributed by atoms with Gasteiger partial charge in [-0.05, 0) is 38.8 Å². The molecular weight excluding hydrogens is 311 g/mol. The molecule has 0 amide bonds. The van der Waals surface area contributed by atoms with Gasteiger partial charge in [-0.15, -0.1) is 11.3 Å². The molecule has 1 saturated carbocycles. The molecule has 6 heteroatoms. The minimum Gasteiger partial charge on any atom is -0.320 e. The Hall–Kier alpha value is -2.26. The topological polar surface area (TPSA) is 54.5 Å². The fraction of sp³-hybridized carbons (Fsp3) is 0.353. The van der Waals surface area contributed by atoms with Crippen LogP contribution in [0.5, 0.6) is 0 Å². The lowest BCUT2D eigenvalue weighted by atomic mass is 9.97. The van der Waals surface area contributed by atoms with Crippen LogP contribution in [0.15, 0.2) is 24.4 Å². The van der Waals surface area contributed by atoms with Crippen LogP contribution >= 0.6 is 11.3 Å². The lowest BCUT2D eigenvalue weighted by Crippen LogP contribution is -2.12.